The molecule has 1 aromatic carbocycles. The van der Waals surface area contributed by atoms with E-state index in [1.807, 2.05) is 19.1 Å². The summed E-state index contributed by atoms with van der Waals surface area (Å²) in [6.07, 6.45) is 1.39. The summed E-state index contributed by atoms with van der Waals surface area (Å²) in [7, 11) is 0. The maximum absolute atomic E-state index is 11.1. The van der Waals surface area contributed by atoms with Gasteiger partial charge >= 0.3 is 6.03 Å². The molecule has 1 aromatic rings. The van der Waals surface area contributed by atoms with Crippen LogP contribution in [0.2, 0.25) is 0 Å². The highest BCUT2D eigenvalue weighted by molar-refractivity contribution is 6.08. The summed E-state index contributed by atoms with van der Waals surface area (Å²) in [6.45, 7) is 1.83. The predicted molar refractivity (Wildman–Crippen MR) is 64.2 cm³/mol. The molecule has 0 spiro atoms. The van der Waals surface area contributed by atoms with Gasteiger partial charge in [0.2, 0.25) is 0 Å². The molecular formula is C12H15N3O2. The number of carbonyl (C=O) groups excluding carboxylic acids is 1. The fraction of sp³-hybridized carbons (Fsp3) is 0.333. The second-order valence-corrected chi connectivity index (χ2v) is 4.45. The Bertz CT molecular complexity index is 455. The van der Waals surface area contributed by atoms with Crippen LogP contribution >= 0.6 is 0 Å². The number of urea groups is 1. The molecule has 5 nitrogen and oxygen atoms in total. The SMILES string of the molecule is CC1(CCc2ccc(O)cc2)NC(=O)NC1=N. The summed E-state index contributed by atoms with van der Waals surface area (Å²) in [4.78, 5) is 11.1. The average Bonchev–Trinajstić information content (AvgIpc) is 2.52. The van der Waals surface area contributed by atoms with Crippen molar-refractivity contribution in [3.8, 4) is 5.75 Å². The van der Waals surface area contributed by atoms with Gasteiger partial charge < -0.3 is 10.4 Å². The maximum Gasteiger partial charge on any atom is 0.321 e. The van der Waals surface area contributed by atoms with Gasteiger partial charge in [-0.05, 0) is 37.5 Å². The molecule has 2 amide bonds. The topological polar surface area (TPSA) is 85.2 Å². The molecule has 0 saturated carbocycles. The van der Waals surface area contributed by atoms with Crippen LogP contribution in [0.5, 0.6) is 5.75 Å². The molecule has 2 rings (SSSR count). The lowest BCUT2D eigenvalue weighted by molar-refractivity contribution is 0.244. The molecule has 0 radical (unpaired) electrons. The minimum absolute atomic E-state index is 0.210. The van der Waals surface area contributed by atoms with E-state index in [2.05, 4.69) is 10.6 Å². The number of benzene rings is 1. The van der Waals surface area contributed by atoms with Crippen molar-refractivity contribution in [3.05, 3.63) is 29.8 Å². The summed E-state index contributed by atoms with van der Waals surface area (Å²) >= 11 is 0. The standard InChI is InChI=1S/C12H15N3O2/c1-12(10(13)14-11(17)15-12)7-6-8-2-4-9(16)5-3-8/h2-5,16H,6-7H2,1H3,(H3,13,14,15,17). The molecule has 5 heteroatoms. The highest BCUT2D eigenvalue weighted by Crippen LogP contribution is 2.19. The van der Waals surface area contributed by atoms with Gasteiger partial charge in [0.15, 0.2) is 0 Å². The van der Waals surface area contributed by atoms with E-state index in [-0.39, 0.29) is 17.6 Å². The summed E-state index contributed by atoms with van der Waals surface area (Å²) in [5, 5.41) is 22.0. The van der Waals surface area contributed by atoms with Crippen molar-refractivity contribution in [1.29, 1.82) is 5.41 Å². The van der Waals surface area contributed by atoms with E-state index in [0.717, 1.165) is 12.0 Å². The zero-order valence-corrected chi connectivity index (χ0v) is 9.58. The first-order chi connectivity index (χ1) is 7.99. The van der Waals surface area contributed by atoms with Gasteiger partial charge in [0.1, 0.15) is 11.6 Å². The van der Waals surface area contributed by atoms with Gasteiger partial charge in [-0.25, -0.2) is 4.79 Å². The number of aromatic hydroxyl groups is 1. The third-order valence-corrected chi connectivity index (χ3v) is 3.03. The third-order valence-electron chi connectivity index (χ3n) is 3.03. The maximum atomic E-state index is 11.1. The number of rotatable bonds is 3. The predicted octanol–water partition coefficient (Wildman–Crippen LogP) is 1.37. The Morgan fingerprint density at radius 2 is 2.00 bits per heavy atom. The molecule has 0 aliphatic carbocycles. The van der Waals surface area contributed by atoms with E-state index < -0.39 is 5.54 Å². The highest BCUT2D eigenvalue weighted by atomic mass is 16.3. The number of hydrogen-bond donors (Lipinski definition) is 4. The number of hydrogen-bond acceptors (Lipinski definition) is 3. The second kappa shape index (κ2) is 4.08. The van der Waals surface area contributed by atoms with Crippen molar-refractivity contribution in [2.24, 2.45) is 0 Å². The average molecular weight is 233 g/mol. The van der Waals surface area contributed by atoms with Crippen molar-refractivity contribution in [2.45, 2.75) is 25.3 Å². The first-order valence-electron chi connectivity index (χ1n) is 5.46. The lowest BCUT2D eigenvalue weighted by Gasteiger charge is -2.22. The van der Waals surface area contributed by atoms with Crippen molar-refractivity contribution >= 4 is 11.9 Å². The Labute approximate surface area is 99.4 Å². The number of amides is 2. The summed E-state index contributed by atoms with van der Waals surface area (Å²) in [5.74, 6) is 0.449. The molecule has 1 aliphatic rings. The summed E-state index contributed by atoms with van der Waals surface area (Å²) in [6, 6.07) is 6.63. The Kier molecular flexibility index (Phi) is 2.75. The van der Waals surface area contributed by atoms with E-state index in [4.69, 9.17) is 10.5 Å². The molecule has 90 valence electrons. The monoisotopic (exact) mass is 233 g/mol. The third kappa shape index (κ3) is 2.38. The normalized spacial score (nSPS) is 23.4. The molecule has 1 atom stereocenters. The molecule has 17 heavy (non-hydrogen) atoms. The van der Waals surface area contributed by atoms with Crippen LogP contribution in [0.15, 0.2) is 24.3 Å². The lowest BCUT2D eigenvalue weighted by Crippen LogP contribution is -2.43. The fourth-order valence-electron chi connectivity index (χ4n) is 1.84. The van der Waals surface area contributed by atoms with Crippen LogP contribution in [-0.4, -0.2) is 22.5 Å². The smallest absolute Gasteiger partial charge is 0.321 e. The van der Waals surface area contributed by atoms with E-state index in [0.29, 0.717) is 6.42 Å². The quantitative estimate of drug-likeness (QED) is 0.635. The first-order valence-corrected chi connectivity index (χ1v) is 5.46. The van der Waals surface area contributed by atoms with Gasteiger partial charge in [-0.3, -0.25) is 10.7 Å². The first kappa shape index (κ1) is 11.4. The number of carbonyl (C=O) groups is 1. The van der Waals surface area contributed by atoms with E-state index in [1.54, 1.807) is 12.1 Å². The molecule has 1 unspecified atom stereocenters. The molecule has 1 saturated heterocycles. The Morgan fingerprint density at radius 1 is 1.35 bits per heavy atom. The van der Waals surface area contributed by atoms with Crippen LogP contribution in [-0.2, 0) is 6.42 Å². The molecular weight excluding hydrogens is 218 g/mol. The van der Waals surface area contributed by atoms with E-state index >= 15 is 0 Å². The molecule has 1 aliphatic heterocycles. The van der Waals surface area contributed by atoms with E-state index in [9.17, 15) is 4.79 Å². The molecule has 0 bridgehead atoms. The van der Waals surface area contributed by atoms with Gasteiger partial charge in [0.05, 0.1) is 5.54 Å². The lowest BCUT2D eigenvalue weighted by atomic mass is 9.93. The second-order valence-electron chi connectivity index (χ2n) is 4.45. The summed E-state index contributed by atoms with van der Waals surface area (Å²) in [5.41, 5.74) is 0.451. The van der Waals surface area contributed by atoms with Gasteiger partial charge in [-0.15, -0.1) is 0 Å². The molecule has 0 aromatic heterocycles. The molecule has 1 fully saturated rings. The Morgan fingerprint density at radius 3 is 2.53 bits per heavy atom. The van der Waals surface area contributed by atoms with Crippen molar-refractivity contribution < 1.29 is 9.90 Å². The van der Waals surface area contributed by atoms with Crippen LogP contribution < -0.4 is 10.6 Å². The van der Waals surface area contributed by atoms with Crippen LogP contribution in [0.3, 0.4) is 0 Å². The van der Waals surface area contributed by atoms with Gasteiger partial charge in [0.25, 0.3) is 0 Å². The zero-order chi connectivity index (χ0) is 12.5. The molecule has 1 heterocycles. The van der Waals surface area contributed by atoms with Crippen LogP contribution in [0, 0.1) is 5.41 Å². The van der Waals surface area contributed by atoms with Gasteiger partial charge in [-0.2, -0.15) is 0 Å². The number of aryl methyl sites for hydroxylation is 1. The summed E-state index contributed by atoms with van der Waals surface area (Å²) < 4.78 is 0. The Balaban J connectivity index is 2.00. The highest BCUT2D eigenvalue weighted by Gasteiger charge is 2.37. The molecule has 4 N–H and O–H groups in total. The zero-order valence-electron chi connectivity index (χ0n) is 9.58. The van der Waals surface area contributed by atoms with Crippen LogP contribution in [0.25, 0.3) is 0 Å². The number of amidine groups is 1. The number of nitrogens with one attached hydrogen (secondary N) is 3. The number of phenolic OH excluding ortho intramolecular Hbond substituents is 1. The minimum Gasteiger partial charge on any atom is -0.508 e. The van der Waals surface area contributed by atoms with Crippen LogP contribution in [0.4, 0.5) is 4.79 Å². The van der Waals surface area contributed by atoms with Gasteiger partial charge in [-0.1, -0.05) is 12.1 Å². The van der Waals surface area contributed by atoms with Crippen LogP contribution in [0.1, 0.15) is 18.9 Å². The van der Waals surface area contributed by atoms with E-state index in [1.165, 1.54) is 0 Å². The Hall–Kier alpha value is -2.04. The van der Waals surface area contributed by atoms with Crippen molar-refractivity contribution in [2.75, 3.05) is 0 Å². The van der Waals surface area contributed by atoms with Crippen molar-refractivity contribution in [1.82, 2.24) is 10.6 Å². The number of phenols is 1. The van der Waals surface area contributed by atoms with Crippen molar-refractivity contribution in [3.63, 3.8) is 0 Å². The minimum atomic E-state index is -0.616. The largest absolute Gasteiger partial charge is 0.508 e. The fourth-order valence-corrected chi connectivity index (χ4v) is 1.84. The van der Waals surface area contributed by atoms with Gasteiger partial charge in [0, 0.05) is 0 Å².